The van der Waals surface area contributed by atoms with Crippen LogP contribution in [0.15, 0.2) is 24.3 Å². The van der Waals surface area contributed by atoms with Gasteiger partial charge in [0.1, 0.15) is 5.82 Å². The molecule has 0 saturated heterocycles. The Labute approximate surface area is 111 Å². The number of rotatable bonds is 7. The quantitative estimate of drug-likeness (QED) is 0.583. The first-order valence-corrected chi connectivity index (χ1v) is 6.65. The van der Waals surface area contributed by atoms with E-state index in [2.05, 4.69) is 16.6 Å². The van der Waals surface area contributed by atoms with E-state index in [0.717, 1.165) is 12.3 Å². The molecule has 5 heteroatoms. The van der Waals surface area contributed by atoms with Crippen molar-refractivity contribution in [1.82, 2.24) is 5.32 Å². The molecule has 2 N–H and O–H groups in total. The van der Waals surface area contributed by atoms with E-state index in [0.29, 0.717) is 11.4 Å². The minimum absolute atomic E-state index is 0.149. The lowest BCUT2D eigenvalue weighted by molar-refractivity contribution is -0.115. The van der Waals surface area contributed by atoms with Gasteiger partial charge in [0.25, 0.3) is 0 Å². The average Bonchev–Trinajstić information content (AvgIpc) is 2.36. The largest absolute Gasteiger partial charge is 0.325 e. The topological polar surface area (TPSA) is 41.1 Å². The molecule has 0 heterocycles. The summed E-state index contributed by atoms with van der Waals surface area (Å²) in [7, 11) is 0. The third-order valence-electron chi connectivity index (χ3n) is 2.02. The molecule has 0 bridgehead atoms. The van der Waals surface area contributed by atoms with E-state index in [9.17, 15) is 9.18 Å². The van der Waals surface area contributed by atoms with Gasteiger partial charge in [0, 0.05) is 18.0 Å². The molecule has 1 amide bonds. The third kappa shape index (κ3) is 6.28. The molecule has 0 radical (unpaired) electrons. The van der Waals surface area contributed by atoms with Crippen molar-refractivity contribution in [1.29, 1.82) is 0 Å². The zero-order chi connectivity index (χ0) is 13.2. The average molecular weight is 266 g/mol. The maximum atomic E-state index is 12.6. The highest BCUT2D eigenvalue weighted by Gasteiger charge is 2.01. The van der Waals surface area contributed by atoms with Crippen molar-refractivity contribution < 1.29 is 9.18 Å². The predicted molar refractivity (Wildman–Crippen MR) is 74.1 cm³/mol. The number of hydrogen-bond donors (Lipinski definition) is 2. The van der Waals surface area contributed by atoms with Gasteiger partial charge in [0.2, 0.25) is 5.91 Å². The number of hydrogen-bond acceptors (Lipinski definition) is 3. The Balaban J connectivity index is 2.14. The van der Waals surface area contributed by atoms with Gasteiger partial charge in [-0.2, -0.15) is 0 Å². The molecule has 0 fully saturated rings. The fourth-order valence-electron chi connectivity index (χ4n) is 1.22. The number of carbonyl (C=O) groups excluding carboxylic acids is 1. The zero-order valence-electron chi connectivity index (χ0n) is 9.91. The second kappa shape index (κ2) is 8.56. The van der Waals surface area contributed by atoms with Crippen LogP contribution in [-0.2, 0) is 4.79 Å². The molecular formula is C13H15FN2OS. The Bertz CT molecular complexity index is 414. The van der Waals surface area contributed by atoms with Crippen LogP contribution in [0.1, 0.15) is 0 Å². The third-order valence-corrected chi connectivity index (χ3v) is 2.89. The van der Waals surface area contributed by atoms with Gasteiger partial charge in [0.15, 0.2) is 0 Å². The van der Waals surface area contributed by atoms with Gasteiger partial charge in [-0.25, -0.2) is 4.39 Å². The van der Waals surface area contributed by atoms with Gasteiger partial charge in [-0.05, 0) is 24.3 Å². The number of anilines is 1. The molecule has 3 nitrogen and oxygen atoms in total. The number of carbonyl (C=O) groups is 1. The molecule has 0 aliphatic heterocycles. The summed E-state index contributed by atoms with van der Waals surface area (Å²) in [6, 6.07) is 5.66. The maximum absolute atomic E-state index is 12.6. The molecule has 0 atom stereocenters. The molecule has 0 unspecified atom stereocenters. The monoisotopic (exact) mass is 266 g/mol. The Morgan fingerprint density at radius 3 is 2.78 bits per heavy atom. The van der Waals surface area contributed by atoms with Gasteiger partial charge in [-0.15, -0.1) is 18.2 Å². The number of nitrogens with one attached hydrogen (secondary N) is 2. The summed E-state index contributed by atoms with van der Waals surface area (Å²) >= 11 is 1.64. The molecule has 0 saturated carbocycles. The van der Waals surface area contributed by atoms with Crippen molar-refractivity contribution in [3.63, 3.8) is 0 Å². The van der Waals surface area contributed by atoms with Crippen molar-refractivity contribution in [2.24, 2.45) is 0 Å². The highest BCUT2D eigenvalue weighted by atomic mass is 32.2. The van der Waals surface area contributed by atoms with E-state index in [-0.39, 0.29) is 18.3 Å². The van der Waals surface area contributed by atoms with Gasteiger partial charge >= 0.3 is 0 Å². The molecule has 1 aromatic carbocycles. The van der Waals surface area contributed by atoms with Gasteiger partial charge in [0.05, 0.1) is 12.3 Å². The zero-order valence-corrected chi connectivity index (χ0v) is 10.7. The van der Waals surface area contributed by atoms with Crippen molar-refractivity contribution in [3.05, 3.63) is 30.1 Å². The van der Waals surface area contributed by atoms with Crippen LogP contribution in [-0.4, -0.2) is 30.5 Å². The Hall–Kier alpha value is -1.51. The van der Waals surface area contributed by atoms with Gasteiger partial charge < -0.3 is 10.6 Å². The lowest BCUT2D eigenvalue weighted by atomic mass is 10.3. The van der Waals surface area contributed by atoms with Crippen molar-refractivity contribution >= 4 is 23.4 Å². The highest BCUT2D eigenvalue weighted by Crippen LogP contribution is 2.07. The summed E-state index contributed by atoms with van der Waals surface area (Å²) in [4.78, 5) is 11.5. The number of thioether (sulfide) groups is 1. The fourth-order valence-corrected chi connectivity index (χ4v) is 1.77. The van der Waals surface area contributed by atoms with Crippen LogP contribution < -0.4 is 10.6 Å². The van der Waals surface area contributed by atoms with Crippen LogP contribution in [0.3, 0.4) is 0 Å². The number of terminal acetylenes is 1. The summed E-state index contributed by atoms with van der Waals surface area (Å²) in [5, 5.41) is 5.66. The number of amides is 1. The minimum Gasteiger partial charge on any atom is -0.325 e. The minimum atomic E-state index is -0.323. The van der Waals surface area contributed by atoms with E-state index < -0.39 is 0 Å². The van der Waals surface area contributed by atoms with Crippen LogP contribution in [0.5, 0.6) is 0 Å². The fraction of sp³-hybridized carbons (Fsp3) is 0.308. The summed E-state index contributed by atoms with van der Waals surface area (Å²) < 4.78 is 12.6. The first-order chi connectivity index (χ1) is 8.72. The Morgan fingerprint density at radius 2 is 2.11 bits per heavy atom. The molecule has 0 spiro atoms. The van der Waals surface area contributed by atoms with Gasteiger partial charge in [-0.1, -0.05) is 5.92 Å². The second-order valence-electron chi connectivity index (χ2n) is 3.49. The molecular weight excluding hydrogens is 251 g/mol. The smallest absolute Gasteiger partial charge is 0.238 e. The molecule has 96 valence electrons. The number of benzene rings is 1. The standard InChI is InChI=1S/C13H15FN2OS/c1-2-8-18-9-7-15-10-13(17)16-12-5-3-11(14)4-6-12/h1,3-6,15H,7-10H2,(H,16,17). The summed E-state index contributed by atoms with van der Waals surface area (Å²) in [6.07, 6.45) is 5.11. The van der Waals surface area contributed by atoms with E-state index in [1.165, 1.54) is 24.3 Å². The van der Waals surface area contributed by atoms with Crippen LogP contribution >= 0.6 is 11.8 Å². The van der Waals surface area contributed by atoms with E-state index >= 15 is 0 Å². The molecule has 1 rings (SSSR count). The summed E-state index contributed by atoms with van der Waals surface area (Å²) in [5.41, 5.74) is 0.588. The van der Waals surface area contributed by atoms with Crippen molar-refractivity contribution in [2.45, 2.75) is 0 Å². The second-order valence-corrected chi connectivity index (χ2v) is 4.59. The highest BCUT2D eigenvalue weighted by molar-refractivity contribution is 7.99. The molecule has 18 heavy (non-hydrogen) atoms. The SMILES string of the molecule is C#CCSCCNCC(=O)Nc1ccc(F)cc1. The van der Waals surface area contributed by atoms with Crippen molar-refractivity contribution in [2.75, 3.05) is 29.9 Å². The van der Waals surface area contributed by atoms with Crippen molar-refractivity contribution in [3.8, 4) is 12.3 Å². The molecule has 0 aromatic heterocycles. The van der Waals surface area contributed by atoms with E-state index in [4.69, 9.17) is 6.42 Å². The van der Waals surface area contributed by atoms with E-state index in [1.54, 1.807) is 11.8 Å². The van der Waals surface area contributed by atoms with E-state index in [1.807, 2.05) is 0 Å². The van der Waals surface area contributed by atoms with Crippen LogP contribution in [0.25, 0.3) is 0 Å². The molecule has 1 aromatic rings. The first kappa shape index (κ1) is 14.6. The summed E-state index contributed by atoms with van der Waals surface area (Å²) in [5.74, 6) is 3.61. The molecule has 0 aliphatic carbocycles. The van der Waals surface area contributed by atoms with Gasteiger partial charge in [-0.3, -0.25) is 4.79 Å². The van der Waals surface area contributed by atoms with Crippen LogP contribution in [0, 0.1) is 18.2 Å². The van der Waals surface area contributed by atoms with Crippen LogP contribution in [0.2, 0.25) is 0 Å². The molecule has 0 aliphatic rings. The lowest BCUT2D eigenvalue weighted by Crippen LogP contribution is -2.29. The Morgan fingerprint density at radius 1 is 1.39 bits per heavy atom. The Kier molecular flexibility index (Phi) is 6.92. The predicted octanol–water partition coefficient (Wildman–Crippen LogP) is 1.72. The lowest BCUT2D eigenvalue weighted by Gasteiger charge is -2.06. The first-order valence-electron chi connectivity index (χ1n) is 5.49. The summed E-state index contributed by atoms with van der Waals surface area (Å²) in [6.45, 7) is 0.956. The number of halogens is 1. The normalized spacial score (nSPS) is 9.78. The maximum Gasteiger partial charge on any atom is 0.238 e. The van der Waals surface area contributed by atoms with Crippen LogP contribution in [0.4, 0.5) is 10.1 Å².